The molecule has 1 aromatic heterocycles. The van der Waals surface area contributed by atoms with Gasteiger partial charge in [-0.25, -0.2) is 10.2 Å². The molecule has 0 unspecified atom stereocenters. The summed E-state index contributed by atoms with van der Waals surface area (Å²) in [7, 11) is 0. The lowest BCUT2D eigenvalue weighted by molar-refractivity contribution is 0.0941. The van der Waals surface area contributed by atoms with E-state index >= 15 is 0 Å². The number of anilines is 1. The fraction of sp³-hybridized carbons (Fsp3) is 0.111. The number of carbonyl (C=O) groups excluding carboxylic acids is 2. The van der Waals surface area contributed by atoms with Gasteiger partial charge in [-0.3, -0.25) is 15.1 Å². The molecule has 25 heavy (non-hydrogen) atoms. The molecule has 0 fully saturated rings. The van der Waals surface area contributed by atoms with Crippen molar-refractivity contribution in [3.63, 3.8) is 0 Å². The number of hydrogen-bond acceptors (Lipinski definition) is 3. The fourth-order valence-corrected chi connectivity index (χ4v) is 4.36. The summed E-state index contributed by atoms with van der Waals surface area (Å²) in [6.07, 6.45) is 0.805. The van der Waals surface area contributed by atoms with E-state index in [0.717, 1.165) is 27.8 Å². The predicted molar refractivity (Wildman–Crippen MR) is 100 cm³/mol. The molecule has 2 N–H and O–H groups in total. The van der Waals surface area contributed by atoms with Crippen LogP contribution in [0.4, 0.5) is 10.5 Å². The van der Waals surface area contributed by atoms with Crippen molar-refractivity contribution in [1.29, 1.82) is 0 Å². The van der Waals surface area contributed by atoms with Gasteiger partial charge in [0.25, 0.3) is 5.91 Å². The van der Waals surface area contributed by atoms with Gasteiger partial charge in [0, 0.05) is 22.3 Å². The normalized spacial score (nSPS) is 12.9. The van der Waals surface area contributed by atoms with Crippen molar-refractivity contribution in [3.8, 4) is 0 Å². The zero-order valence-electron chi connectivity index (χ0n) is 13.1. The van der Waals surface area contributed by atoms with Gasteiger partial charge in [0.15, 0.2) is 0 Å². The third-order valence-electron chi connectivity index (χ3n) is 4.16. The molecule has 1 aliphatic rings. The van der Waals surface area contributed by atoms with Crippen LogP contribution < -0.4 is 15.8 Å². The lowest BCUT2D eigenvalue weighted by Crippen LogP contribution is -2.48. The molecule has 126 valence electrons. The van der Waals surface area contributed by atoms with Crippen molar-refractivity contribution in [2.75, 3.05) is 11.4 Å². The zero-order chi connectivity index (χ0) is 17.4. The SMILES string of the molecule is O=C(NNC(=O)N1CCc2ccccc21)c1sc2ccccc2c1Cl. The van der Waals surface area contributed by atoms with Gasteiger partial charge in [-0.05, 0) is 24.1 Å². The highest BCUT2D eigenvalue weighted by Gasteiger charge is 2.25. The minimum Gasteiger partial charge on any atom is -0.292 e. The average molecular weight is 372 g/mol. The van der Waals surface area contributed by atoms with Crippen LogP contribution in [-0.2, 0) is 6.42 Å². The van der Waals surface area contributed by atoms with E-state index in [1.54, 1.807) is 4.90 Å². The van der Waals surface area contributed by atoms with Crippen LogP contribution in [0.15, 0.2) is 48.5 Å². The van der Waals surface area contributed by atoms with Crippen molar-refractivity contribution < 1.29 is 9.59 Å². The van der Waals surface area contributed by atoms with Gasteiger partial charge in [0.05, 0.1) is 5.02 Å². The molecule has 0 saturated heterocycles. The van der Waals surface area contributed by atoms with Gasteiger partial charge in [0.1, 0.15) is 4.88 Å². The molecule has 2 heterocycles. The molecule has 0 spiro atoms. The Morgan fingerprint density at radius 3 is 2.64 bits per heavy atom. The minimum atomic E-state index is -0.424. The highest BCUT2D eigenvalue weighted by molar-refractivity contribution is 7.21. The Kier molecular flexibility index (Phi) is 4.07. The molecule has 1 aliphatic heterocycles. The number of carbonyl (C=O) groups is 2. The maximum Gasteiger partial charge on any atom is 0.340 e. The predicted octanol–water partition coefficient (Wildman–Crippen LogP) is 3.97. The summed E-state index contributed by atoms with van der Waals surface area (Å²) in [5, 5.41) is 1.23. The van der Waals surface area contributed by atoms with Crippen LogP contribution in [0.1, 0.15) is 15.2 Å². The molecule has 3 amide bonds. The zero-order valence-corrected chi connectivity index (χ0v) is 14.7. The average Bonchev–Trinajstić information content (AvgIpc) is 3.21. The number of halogens is 1. The number of nitrogens with one attached hydrogen (secondary N) is 2. The molecule has 2 aromatic carbocycles. The second-order valence-corrected chi connectivity index (χ2v) is 7.09. The standard InChI is InChI=1S/C18H14ClN3O2S/c19-15-12-6-2-4-8-14(12)25-16(15)17(23)20-21-18(24)22-10-9-11-5-1-3-7-13(11)22/h1-8H,9-10H2,(H,20,23)(H,21,24). The first-order valence-electron chi connectivity index (χ1n) is 7.78. The van der Waals surface area contributed by atoms with E-state index in [1.807, 2.05) is 48.5 Å². The van der Waals surface area contributed by atoms with Crippen LogP contribution in [-0.4, -0.2) is 18.5 Å². The van der Waals surface area contributed by atoms with Crippen LogP contribution >= 0.6 is 22.9 Å². The smallest absolute Gasteiger partial charge is 0.292 e. The van der Waals surface area contributed by atoms with Crippen LogP contribution in [0.2, 0.25) is 5.02 Å². The molecular weight excluding hydrogens is 358 g/mol. The number of urea groups is 1. The van der Waals surface area contributed by atoms with Crippen LogP contribution in [0.25, 0.3) is 10.1 Å². The molecular formula is C18H14ClN3O2S. The maximum atomic E-state index is 12.4. The number of para-hydroxylation sites is 1. The Bertz CT molecular complexity index is 985. The van der Waals surface area contributed by atoms with Crippen molar-refractivity contribution in [2.45, 2.75) is 6.42 Å². The number of rotatable bonds is 1. The highest BCUT2D eigenvalue weighted by atomic mass is 35.5. The van der Waals surface area contributed by atoms with Crippen molar-refractivity contribution in [1.82, 2.24) is 10.9 Å². The third kappa shape index (κ3) is 2.83. The van der Waals surface area contributed by atoms with Crippen molar-refractivity contribution in [2.24, 2.45) is 0 Å². The van der Waals surface area contributed by atoms with Crippen LogP contribution in [0.5, 0.6) is 0 Å². The van der Waals surface area contributed by atoms with Crippen molar-refractivity contribution >= 4 is 50.6 Å². The van der Waals surface area contributed by atoms with E-state index in [9.17, 15) is 9.59 Å². The summed E-state index contributed by atoms with van der Waals surface area (Å²) >= 11 is 7.58. The van der Waals surface area contributed by atoms with Gasteiger partial charge >= 0.3 is 6.03 Å². The number of amides is 3. The number of hydrogen-bond donors (Lipinski definition) is 2. The van der Waals surface area contributed by atoms with Gasteiger partial charge < -0.3 is 0 Å². The summed E-state index contributed by atoms with van der Waals surface area (Å²) in [5.74, 6) is -0.424. The van der Waals surface area contributed by atoms with Gasteiger partial charge in [-0.1, -0.05) is 48.0 Å². The molecule has 0 saturated carbocycles. The lowest BCUT2D eigenvalue weighted by Gasteiger charge is -2.18. The van der Waals surface area contributed by atoms with Gasteiger partial charge in [-0.2, -0.15) is 0 Å². The Morgan fingerprint density at radius 2 is 1.80 bits per heavy atom. The van der Waals surface area contributed by atoms with E-state index in [0.29, 0.717) is 16.4 Å². The fourth-order valence-electron chi connectivity index (χ4n) is 2.94. The monoisotopic (exact) mass is 371 g/mol. The summed E-state index contributed by atoms with van der Waals surface area (Å²) < 4.78 is 0.928. The summed E-state index contributed by atoms with van der Waals surface area (Å²) in [6, 6.07) is 14.9. The topological polar surface area (TPSA) is 61.4 Å². The Balaban J connectivity index is 1.47. The van der Waals surface area contributed by atoms with E-state index < -0.39 is 5.91 Å². The lowest BCUT2D eigenvalue weighted by atomic mass is 10.2. The molecule has 5 nitrogen and oxygen atoms in total. The highest BCUT2D eigenvalue weighted by Crippen LogP contribution is 2.35. The molecule has 0 atom stereocenters. The van der Waals surface area contributed by atoms with E-state index in [2.05, 4.69) is 10.9 Å². The van der Waals surface area contributed by atoms with Crippen molar-refractivity contribution in [3.05, 3.63) is 64.0 Å². The quantitative estimate of drug-likeness (QED) is 0.636. The molecule has 3 aromatic rings. The molecule has 0 aliphatic carbocycles. The minimum absolute atomic E-state index is 0.365. The summed E-state index contributed by atoms with van der Waals surface area (Å²) in [5.41, 5.74) is 6.92. The molecule has 7 heteroatoms. The van der Waals surface area contributed by atoms with E-state index in [4.69, 9.17) is 11.6 Å². The maximum absolute atomic E-state index is 12.4. The van der Waals surface area contributed by atoms with Crippen LogP contribution in [0.3, 0.4) is 0 Å². The van der Waals surface area contributed by atoms with Gasteiger partial charge in [-0.15, -0.1) is 11.3 Å². The van der Waals surface area contributed by atoms with E-state index in [-0.39, 0.29) is 6.03 Å². The molecule has 0 radical (unpaired) electrons. The number of hydrazine groups is 1. The number of benzene rings is 2. The molecule has 4 rings (SSSR count). The number of fused-ring (bicyclic) bond motifs is 2. The Labute approximate surface area is 153 Å². The van der Waals surface area contributed by atoms with Crippen LogP contribution in [0, 0.1) is 0 Å². The summed E-state index contributed by atoms with van der Waals surface area (Å²) in [4.78, 5) is 26.7. The second-order valence-electron chi connectivity index (χ2n) is 5.66. The second kappa shape index (κ2) is 6.38. The third-order valence-corrected chi connectivity index (χ3v) is 5.83. The Hall–Kier alpha value is -2.57. The first-order chi connectivity index (χ1) is 12.1. The first-order valence-corrected chi connectivity index (χ1v) is 8.97. The Morgan fingerprint density at radius 1 is 1.04 bits per heavy atom. The molecule has 0 bridgehead atoms. The first kappa shape index (κ1) is 15.9. The van der Waals surface area contributed by atoms with E-state index in [1.165, 1.54) is 11.3 Å². The largest absolute Gasteiger partial charge is 0.340 e. The number of nitrogens with zero attached hydrogens (tertiary/aromatic N) is 1. The summed E-state index contributed by atoms with van der Waals surface area (Å²) in [6.45, 7) is 0.588. The van der Waals surface area contributed by atoms with Gasteiger partial charge in [0.2, 0.25) is 0 Å². The number of thiophene rings is 1.